The van der Waals surface area contributed by atoms with Gasteiger partial charge in [-0.2, -0.15) is 0 Å². The molecular formula is C12H15NS. The fourth-order valence-electron chi connectivity index (χ4n) is 1.10. The average Bonchev–Trinajstić information content (AvgIpc) is 2.25. The van der Waals surface area contributed by atoms with Gasteiger partial charge in [0.05, 0.1) is 0 Å². The summed E-state index contributed by atoms with van der Waals surface area (Å²) in [6, 6.07) is 10.8. The average molecular weight is 205 g/mol. The summed E-state index contributed by atoms with van der Waals surface area (Å²) in [6.45, 7) is 0. The van der Waals surface area contributed by atoms with Crippen molar-refractivity contribution in [2.45, 2.75) is 17.4 Å². The number of thioether (sulfide) groups is 1. The molecular weight excluding hydrogens is 190 g/mol. The SMILES string of the molecule is C#CCC(CSc1ccccc1)NC. The van der Waals surface area contributed by atoms with E-state index in [2.05, 4.69) is 35.5 Å². The Kier molecular flexibility index (Phi) is 5.21. The second-order valence-electron chi connectivity index (χ2n) is 3.02. The first-order chi connectivity index (χ1) is 6.86. The standard InChI is InChI=1S/C12H15NS/c1-3-7-11(13-2)10-14-12-8-5-4-6-9-12/h1,4-6,8-9,11,13H,7,10H2,2H3. The summed E-state index contributed by atoms with van der Waals surface area (Å²) in [5.74, 6) is 3.70. The van der Waals surface area contributed by atoms with Gasteiger partial charge >= 0.3 is 0 Å². The molecule has 1 N–H and O–H groups in total. The van der Waals surface area contributed by atoms with Crippen LogP contribution in [0.3, 0.4) is 0 Å². The predicted octanol–water partition coefficient (Wildman–Crippen LogP) is 2.39. The van der Waals surface area contributed by atoms with Crippen molar-refractivity contribution in [2.24, 2.45) is 0 Å². The van der Waals surface area contributed by atoms with Crippen molar-refractivity contribution >= 4 is 11.8 Å². The van der Waals surface area contributed by atoms with Crippen LogP contribution in [0.5, 0.6) is 0 Å². The summed E-state index contributed by atoms with van der Waals surface area (Å²) in [7, 11) is 1.95. The summed E-state index contributed by atoms with van der Waals surface area (Å²) in [4.78, 5) is 1.30. The first-order valence-corrected chi connectivity index (χ1v) is 5.64. The number of rotatable bonds is 5. The summed E-state index contributed by atoms with van der Waals surface area (Å²) < 4.78 is 0. The molecule has 0 heterocycles. The minimum absolute atomic E-state index is 0.408. The third-order valence-corrected chi connectivity index (χ3v) is 3.14. The molecule has 0 aliphatic carbocycles. The molecule has 1 aromatic carbocycles. The second-order valence-corrected chi connectivity index (χ2v) is 4.11. The molecule has 2 heteroatoms. The Morgan fingerprint density at radius 2 is 2.14 bits per heavy atom. The zero-order chi connectivity index (χ0) is 10.2. The summed E-state index contributed by atoms with van der Waals surface area (Å²) in [6.07, 6.45) is 6.06. The van der Waals surface area contributed by atoms with Gasteiger partial charge in [0.2, 0.25) is 0 Å². The van der Waals surface area contributed by atoms with Gasteiger partial charge in [-0.05, 0) is 19.2 Å². The lowest BCUT2D eigenvalue weighted by molar-refractivity contribution is 0.637. The van der Waals surface area contributed by atoms with Crippen LogP contribution in [0, 0.1) is 12.3 Å². The maximum Gasteiger partial charge on any atom is 0.0268 e. The van der Waals surface area contributed by atoms with E-state index in [1.54, 1.807) is 0 Å². The van der Waals surface area contributed by atoms with Crippen molar-refractivity contribution in [2.75, 3.05) is 12.8 Å². The summed E-state index contributed by atoms with van der Waals surface area (Å²) in [5.41, 5.74) is 0. The molecule has 0 bridgehead atoms. The van der Waals surface area contributed by atoms with Gasteiger partial charge in [-0.25, -0.2) is 0 Å². The molecule has 1 nitrogen and oxygen atoms in total. The van der Waals surface area contributed by atoms with E-state index in [0.717, 1.165) is 12.2 Å². The first-order valence-electron chi connectivity index (χ1n) is 4.65. The lowest BCUT2D eigenvalue weighted by atomic mass is 10.2. The largest absolute Gasteiger partial charge is 0.315 e. The number of hydrogen-bond donors (Lipinski definition) is 1. The molecule has 0 aliphatic heterocycles. The molecule has 0 aliphatic rings. The highest BCUT2D eigenvalue weighted by atomic mass is 32.2. The summed E-state index contributed by atoms with van der Waals surface area (Å²) >= 11 is 1.83. The number of nitrogens with one attached hydrogen (secondary N) is 1. The van der Waals surface area contributed by atoms with E-state index in [1.807, 2.05) is 24.9 Å². The van der Waals surface area contributed by atoms with Gasteiger partial charge in [-0.15, -0.1) is 24.1 Å². The van der Waals surface area contributed by atoms with Crippen LogP contribution in [0.4, 0.5) is 0 Å². The van der Waals surface area contributed by atoms with Crippen molar-refractivity contribution in [1.29, 1.82) is 0 Å². The fraction of sp³-hybridized carbons (Fsp3) is 0.333. The maximum atomic E-state index is 5.27. The first kappa shape index (κ1) is 11.2. The molecule has 0 saturated carbocycles. The van der Waals surface area contributed by atoms with Gasteiger partial charge in [-0.3, -0.25) is 0 Å². The monoisotopic (exact) mass is 205 g/mol. The highest BCUT2D eigenvalue weighted by molar-refractivity contribution is 7.99. The van der Waals surface area contributed by atoms with Crippen molar-refractivity contribution in [3.63, 3.8) is 0 Å². The van der Waals surface area contributed by atoms with Crippen molar-refractivity contribution in [3.05, 3.63) is 30.3 Å². The highest BCUT2D eigenvalue weighted by Crippen LogP contribution is 2.18. The third-order valence-electron chi connectivity index (χ3n) is 1.97. The zero-order valence-corrected chi connectivity index (χ0v) is 9.18. The number of terminal acetylenes is 1. The third kappa shape index (κ3) is 3.87. The van der Waals surface area contributed by atoms with Crippen molar-refractivity contribution < 1.29 is 0 Å². The summed E-state index contributed by atoms with van der Waals surface area (Å²) in [5, 5.41) is 3.21. The Labute approximate surface area is 90.3 Å². The van der Waals surface area contributed by atoms with Crippen LogP contribution >= 0.6 is 11.8 Å². The molecule has 0 spiro atoms. The van der Waals surface area contributed by atoms with Crippen LogP contribution < -0.4 is 5.32 Å². The lowest BCUT2D eigenvalue weighted by Gasteiger charge is -2.12. The molecule has 0 fully saturated rings. The Balaban J connectivity index is 2.36. The van der Waals surface area contributed by atoms with Gasteiger partial charge in [0.15, 0.2) is 0 Å². The quantitative estimate of drug-likeness (QED) is 0.585. The van der Waals surface area contributed by atoms with Crippen LogP contribution in [0.25, 0.3) is 0 Å². The van der Waals surface area contributed by atoms with E-state index in [4.69, 9.17) is 6.42 Å². The van der Waals surface area contributed by atoms with Crippen LogP contribution in [-0.4, -0.2) is 18.8 Å². The van der Waals surface area contributed by atoms with E-state index in [1.165, 1.54) is 4.90 Å². The normalized spacial score (nSPS) is 12.0. The molecule has 1 aromatic rings. The molecule has 1 unspecified atom stereocenters. The second kappa shape index (κ2) is 6.53. The fourth-order valence-corrected chi connectivity index (χ4v) is 2.13. The van der Waals surface area contributed by atoms with Gasteiger partial charge < -0.3 is 5.32 Å². The smallest absolute Gasteiger partial charge is 0.0268 e. The molecule has 14 heavy (non-hydrogen) atoms. The Morgan fingerprint density at radius 3 is 2.71 bits per heavy atom. The zero-order valence-electron chi connectivity index (χ0n) is 8.36. The van der Waals surface area contributed by atoms with E-state index in [0.29, 0.717) is 6.04 Å². The van der Waals surface area contributed by atoms with E-state index in [-0.39, 0.29) is 0 Å². The molecule has 1 atom stereocenters. The van der Waals surface area contributed by atoms with Gasteiger partial charge in [0.1, 0.15) is 0 Å². The highest BCUT2D eigenvalue weighted by Gasteiger charge is 2.04. The van der Waals surface area contributed by atoms with Gasteiger partial charge in [0, 0.05) is 23.1 Å². The molecule has 0 aromatic heterocycles. The van der Waals surface area contributed by atoms with Crippen molar-refractivity contribution in [1.82, 2.24) is 5.32 Å². The molecule has 0 radical (unpaired) electrons. The Bertz CT molecular complexity index is 289. The molecule has 1 rings (SSSR count). The minimum Gasteiger partial charge on any atom is -0.315 e. The topological polar surface area (TPSA) is 12.0 Å². The van der Waals surface area contributed by atoms with Gasteiger partial charge in [-0.1, -0.05) is 18.2 Å². The molecule has 0 saturated heterocycles. The van der Waals surface area contributed by atoms with Crippen LogP contribution in [0.2, 0.25) is 0 Å². The maximum absolute atomic E-state index is 5.27. The van der Waals surface area contributed by atoms with Crippen LogP contribution in [0.1, 0.15) is 6.42 Å². The molecule has 0 amide bonds. The number of hydrogen-bond acceptors (Lipinski definition) is 2. The number of benzene rings is 1. The Hall–Kier alpha value is -0.910. The van der Waals surface area contributed by atoms with Crippen LogP contribution in [0.15, 0.2) is 35.2 Å². The predicted molar refractivity (Wildman–Crippen MR) is 63.5 cm³/mol. The van der Waals surface area contributed by atoms with Crippen LogP contribution in [-0.2, 0) is 0 Å². The lowest BCUT2D eigenvalue weighted by Crippen LogP contribution is -2.26. The van der Waals surface area contributed by atoms with E-state index < -0.39 is 0 Å². The van der Waals surface area contributed by atoms with Crippen molar-refractivity contribution in [3.8, 4) is 12.3 Å². The Morgan fingerprint density at radius 1 is 1.43 bits per heavy atom. The van der Waals surface area contributed by atoms with E-state index in [9.17, 15) is 0 Å². The minimum atomic E-state index is 0.408. The van der Waals surface area contributed by atoms with Gasteiger partial charge in [0.25, 0.3) is 0 Å². The van der Waals surface area contributed by atoms with E-state index >= 15 is 0 Å². The molecule has 74 valence electrons.